The quantitative estimate of drug-likeness (QED) is 0.882. The van der Waals surface area contributed by atoms with Gasteiger partial charge in [0.15, 0.2) is 0 Å². The zero-order valence-electron chi connectivity index (χ0n) is 11.5. The summed E-state index contributed by atoms with van der Waals surface area (Å²) in [5.74, 6) is 0. The van der Waals surface area contributed by atoms with Crippen LogP contribution in [0.1, 0.15) is 28.3 Å². The first kappa shape index (κ1) is 13.8. The van der Waals surface area contributed by atoms with Crippen molar-refractivity contribution in [1.29, 1.82) is 0 Å². The molecule has 0 aliphatic rings. The maximum Gasteiger partial charge on any atom is 0.0773 e. The first-order chi connectivity index (χ1) is 9.08. The standard InChI is InChI=1S/C17H21NO/c1-12-8-9-13(2)15(10-12)17(18)16(19)11-14-6-4-3-5-7-14/h3-10,16-17,19H,11,18H2,1-2H3/t16-,17+/m1/s1. The number of aliphatic hydroxyl groups is 1. The summed E-state index contributed by atoms with van der Waals surface area (Å²) in [6, 6.07) is 15.8. The predicted octanol–water partition coefficient (Wildman–Crippen LogP) is 2.91. The van der Waals surface area contributed by atoms with Crippen molar-refractivity contribution in [2.24, 2.45) is 5.73 Å². The van der Waals surface area contributed by atoms with Gasteiger partial charge in [0.05, 0.1) is 12.1 Å². The summed E-state index contributed by atoms with van der Waals surface area (Å²) in [4.78, 5) is 0. The van der Waals surface area contributed by atoms with E-state index in [9.17, 15) is 5.11 Å². The second-order valence-electron chi connectivity index (χ2n) is 5.14. The fraction of sp³-hybridized carbons (Fsp3) is 0.294. The fourth-order valence-corrected chi connectivity index (χ4v) is 2.31. The Labute approximate surface area is 114 Å². The lowest BCUT2D eigenvalue weighted by Gasteiger charge is -2.21. The van der Waals surface area contributed by atoms with E-state index in [4.69, 9.17) is 5.73 Å². The molecule has 0 radical (unpaired) electrons. The molecule has 0 saturated heterocycles. The van der Waals surface area contributed by atoms with Crippen LogP contribution >= 0.6 is 0 Å². The van der Waals surface area contributed by atoms with Crippen LogP contribution < -0.4 is 5.73 Å². The SMILES string of the molecule is Cc1ccc(C)c([C@H](N)[C@H](O)Cc2ccccc2)c1. The molecule has 0 aliphatic carbocycles. The summed E-state index contributed by atoms with van der Waals surface area (Å²) >= 11 is 0. The summed E-state index contributed by atoms with van der Waals surface area (Å²) in [5.41, 5.74) is 10.6. The van der Waals surface area contributed by atoms with Crippen LogP contribution in [0.5, 0.6) is 0 Å². The minimum atomic E-state index is -0.567. The normalized spacial score (nSPS) is 14.1. The second-order valence-corrected chi connectivity index (χ2v) is 5.14. The lowest BCUT2D eigenvalue weighted by molar-refractivity contribution is 0.145. The summed E-state index contributed by atoms with van der Waals surface area (Å²) in [6.07, 6.45) is 0.0120. The molecule has 0 saturated carbocycles. The molecule has 2 atom stereocenters. The molecule has 2 aromatic rings. The van der Waals surface area contributed by atoms with Gasteiger partial charge >= 0.3 is 0 Å². The largest absolute Gasteiger partial charge is 0.391 e. The second kappa shape index (κ2) is 6.00. The molecule has 3 N–H and O–H groups in total. The van der Waals surface area contributed by atoms with Gasteiger partial charge in [0.1, 0.15) is 0 Å². The summed E-state index contributed by atoms with van der Waals surface area (Å²) in [5, 5.41) is 10.3. The Kier molecular flexibility index (Phi) is 4.35. The van der Waals surface area contributed by atoms with Crippen LogP contribution in [0.4, 0.5) is 0 Å². The van der Waals surface area contributed by atoms with E-state index in [0.29, 0.717) is 6.42 Å². The van der Waals surface area contributed by atoms with E-state index in [2.05, 4.69) is 18.2 Å². The van der Waals surface area contributed by atoms with Gasteiger partial charge in [0, 0.05) is 6.42 Å². The fourth-order valence-electron chi connectivity index (χ4n) is 2.31. The molecule has 0 spiro atoms. The molecule has 0 heterocycles. The number of hydrogen-bond acceptors (Lipinski definition) is 2. The molecule has 0 amide bonds. The molecule has 0 unspecified atom stereocenters. The monoisotopic (exact) mass is 255 g/mol. The molecule has 100 valence electrons. The van der Waals surface area contributed by atoms with E-state index in [-0.39, 0.29) is 6.04 Å². The van der Waals surface area contributed by atoms with Gasteiger partial charge in [-0.15, -0.1) is 0 Å². The molecule has 0 bridgehead atoms. The van der Waals surface area contributed by atoms with Crippen molar-refractivity contribution in [2.45, 2.75) is 32.4 Å². The van der Waals surface area contributed by atoms with E-state index in [1.165, 1.54) is 5.56 Å². The molecule has 0 aromatic heterocycles. The Bertz CT molecular complexity index is 536. The molecule has 19 heavy (non-hydrogen) atoms. The zero-order valence-corrected chi connectivity index (χ0v) is 11.5. The molecular weight excluding hydrogens is 234 g/mol. The van der Waals surface area contributed by atoms with Crippen molar-refractivity contribution in [3.8, 4) is 0 Å². The third-order valence-corrected chi connectivity index (χ3v) is 3.50. The molecule has 2 nitrogen and oxygen atoms in total. The average Bonchev–Trinajstić information content (AvgIpc) is 2.42. The first-order valence-corrected chi connectivity index (χ1v) is 6.62. The highest BCUT2D eigenvalue weighted by Crippen LogP contribution is 2.22. The van der Waals surface area contributed by atoms with E-state index in [1.807, 2.05) is 44.2 Å². The number of benzene rings is 2. The molecular formula is C17H21NO. The van der Waals surface area contributed by atoms with Crippen molar-refractivity contribution in [3.63, 3.8) is 0 Å². The maximum atomic E-state index is 10.3. The van der Waals surface area contributed by atoms with Crippen molar-refractivity contribution in [2.75, 3.05) is 0 Å². The number of hydrogen-bond donors (Lipinski definition) is 2. The number of aliphatic hydroxyl groups excluding tert-OH is 1. The van der Waals surface area contributed by atoms with Gasteiger partial charge in [-0.05, 0) is 30.5 Å². The van der Waals surface area contributed by atoms with E-state index in [1.54, 1.807) is 0 Å². The van der Waals surface area contributed by atoms with Crippen LogP contribution in [-0.2, 0) is 6.42 Å². The van der Waals surface area contributed by atoms with Gasteiger partial charge in [-0.2, -0.15) is 0 Å². The minimum Gasteiger partial charge on any atom is -0.391 e. The van der Waals surface area contributed by atoms with E-state index >= 15 is 0 Å². The molecule has 2 heteroatoms. The van der Waals surface area contributed by atoms with Crippen molar-refractivity contribution < 1.29 is 5.11 Å². The highest BCUT2D eigenvalue weighted by Gasteiger charge is 2.18. The first-order valence-electron chi connectivity index (χ1n) is 6.62. The van der Waals surface area contributed by atoms with Crippen LogP contribution in [-0.4, -0.2) is 11.2 Å². The van der Waals surface area contributed by atoms with E-state index in [0.717, 1.165) is 16.7 Å². The van der Waals surface area contributed by atoms with Gasteiger partial charge in [-0.3, -0.25) is 0 Å². The van der Waals surface area contributed by atoms with E-state index < -0.39 is 6.10 Å². The highest BCUT2D eigenvalue weighted by atomic mass is 16.3. The van der Waals surface area contributed by atoms with Crippen molar-refractivity contribution in [1.82, 2.24) is 0 Å². The van der Waals surface area contributed by atoms with Gasteiger partial charge in [-0.1, -0.05) is 54.1 Å². The van der Waals surface area contributed by atoms with Crippen LogP contribution in [0.25, 0.3) is 0 Å². The van der Waals surface area contributed by atoms with Gasteiger partial charge < -0.3 is 10.8 Å². The Hall–Kier alpha value is -1.64. The van der Waals surface area contributed by atoms with Gasteiger partial charge in [0.25, 0.3) is 0 Å². The Morgan fingerprint density at radius 3 is 2.42 bits per heavy atom. The topological polar surface area (TPSA) is 46.2 Å². The smallest absolute Gasteiger partial charge is 0.0773 e. The highest BCUT2D eigenvalue weighted by molar-refractivity contribution is 5.33. The third kappa shape index (κ3) is 3.43. The number of rotatable bonds is 4. The van der Waals surface area contributed by atoms with Crippen molar-refractivity contribution >= 4 is 0 Å². The summed E-state index contributed by atoms with van der Waals surface area (Å²) in [7, 11) is 0. The molecule has 0 fully saturated rings. The lowest BCUT2D eigenvalue weighted by atomic mass is 9.93. The Morgan fingerprint density at radius 1 is 1.05 bits per heavy atom. The third-order valence-electron chi connectivity index (χ3n) is 3.50. The van der Waals surface area contributed by atoms with Crippen LogP contribution in [0.2, 0.25) is 0 Å². The summed E-state index contributed by atoms with van der Waals surface area (Å²) < 4.78 is 0. The van der Waals surface area contributed by atoms with Crippen LogP contribution in [0, 0.1) is 13.8 Å². The van der Waals surface area contributed by atoms with Crippen LogP contribution in [0.3, 0.4) is 0 Å². The molecule has 2 aromatic carbocycles. The average molecular weight is 255 g/mol. The predicted molar refractivity (Wildman–Crippen MR) is 79.0 cm³/mol. The minimum absolute atomic E-state index is 0.347. The molecule has 0 aliphatic heterocycles. The summed E-state index contributed by atoms with van der Waals surface area (Å²) in [6.45, 7) is 4.07. The molecule has 2 rings (SSSR count). The number of aryl methyl sites for hydroxylation is 2. The van der Waals surface area contributed by atoms with Gasteiger partial charge in [-0.25, -0.2) is 0 Å². The van der Waals surface area contributed by atoms with Crippen LogP contribution in [0.15, 0.2) is 48.5 Å². The maximum absolute atomic E-state index is 10.3. The van der Waals surface area contributed by atoms with Gasteiger partial charge in [0.2, 0.25) is 0 Å². The Balaban J connectivity index is 2.14. The lowest BCUT2D eigenvalue weighted by Crippen LogP contribution is -2.28. The van der Waals surface area contributed by atoms with Crippen molar-refractivity contribution in [3.05, 3.63) is 70.8 Å². The number of nitrogens with two attached hydrogens (primary N) is 1. The zero-order chi connectivity index (χ0) is 13.8. The Morgan fingerprint density at radius 2 is 1.74 bits per heavy atom.